The van der Waals surface area contributed by atoms with Crippen LogP contribution in [0.15, 0.2) is 48.0 Å². The van der Waals surface area contributed by atoms with Crippen LogP contribution < -0.4 is 24.4 Å². The van der Waals surface area contributed by atoms with Crippen molar-refractivity contribution in [3.8, 4) is 17.2 Å². The van der Waals surface area contributed by atoms with Crippen LogP contribution in [0, 0.1) is 0 Å². The van der Waals surface area contributed by atoms with Crippen molar-refractivity contribution in [2.45, 2.75) is 13.8 Å². The Labute approximate surface area is 196 Å². The molecule has 10 nitrogen and oxygen atoms in total. The lowest BCUT2D eigenvalue weighted by Gasteiger charge is -2.28. The Hall–Kier alpha value is -4.34. The number of methoxy groups -OCH3 is 1. The van der Waals surface area contributed by atoms with Gasteiger partial charge in [-0.3, -0.25) is 14.9 Å². The van der Waals surface area contributed by atoms with Gasteiger partial charge in [0.2, 0.25) is 0 Å². The van der Waals surface area contributed by atoms with E-state index in [2.05, 4.69) is 10.1 Å². The molecule has 1 heterocycles. The SMILES string of the molecule is CCOc1ccc(OCC)c(N2C(=O)NC(=O)/C(=C\c3ccccc3OCC(=O)OC)C2=O)c1. The number of esters is 1. The fraction of sp³-hybridized carbons (Fsp3) is 0.250. The zero-order valence-corrected chi connectivity index (χ0v) is 19.0. The van der Waals surface area contributed by atoms with Gasteiger partial charge in [0.05, 0.1) is 26.0 Å². The van der Waals surface area contributed by atoms with E-state index in [1.54, 1.807) is 50.2 Å². The molecule has 34 heavy (non-hydrogen) atoms. The molecule has 0 spiro atoms. The second kappa shape index (κ2) is 11.0. The van der Waals surface area contributed by atoms with Gasteiger partial charge in [-0.15, -0.1) is 0 Å². The monoisotopic (exact) mass is 468 g/mol. The van der Waals surface area contributed by atoms with Gasteiger partial charge in [-0.1, -0.05) is 18.2 Å². The molecule has 0 atom stereocenters. The third-order valence-electron chi connectivity index (χ3n) is 4.68. The summed E-state index contributed by atoms with van der Waals surface area (Å²) >= 11 is 0. The summed E-state index contributed by atoms with van der Waals surface area (Å²) in [5.41, 5.74) is 0.175. The largest absolute Gasteiger partial charge is 0.494 e. The summed E-state index contributed by atoms with van der Waals surface area (Å²) in [5.74, 6) is -1.38. The molecule has 178 valence electrons. The number of barbiturate groups is 1. The zero-order valence-electron chi connectivity index (χ0n) is 19.0. The molecule has 0 radical (unpaired) electrons. The van der Waals surface area contributed by atoms with E-state index < -0.39 is 23.8 Å². The van der Waals surface area contributed by atoms with Crippen LogP contribution in [0.1, 0.15) is 19.4 Å². The molecule has 0 unspecified atom stereocenters. The summed E-state index contributed by atoms with van der Waals surface area (Å²) in [6, 6.07) is 10.3. The Kier molecular flexibility index (Phi) is 7.86. The summed E-state index contributed by atoms with van der Waals surface area (Å²) in [4.78, 5) is 50.9. The first-order chi connectivity index (χ1) is 16.4. The number of imide groups is 2. The summed E-state index contributed by atoms with van der Waals surface area (Å²) in [6.07, 6.45) is 1.29. The normalized spacial score (nSPS) is 14.6. The van der Waals surface area contributed by atoms with Crippen LogP contribution in [0.25, 0.3) is 6.08 Å². The smallest absolute Gasteiger partial charge is 0.343 e. The number of hydrogen-bond donors (Lipinski definition) is 1. The summed E-state index contributed by atoms with van der Waals surface area (Å²) in [6.45, 7) is 3.87. The number of anilines is 1. The average Bonchev–Trinajstić information content (AvgIpc) is 2.82. The van der Waals surface area contributed by atoms with Gasteiger partial charge in [0.15, 0.2) is 6.61 Å². The van der Waals surface area contributed by atoms with Crippen LogP contribution in [-0.2, 0) is 19.1 Å². The van der Waals surface area contributed by atoms with Crippen LogP contribution in [-0.4, -0.2) is 50.7 Å². The molecule has 1 aliphatic rings. The minimum atomic E-state index is -0.919. The van der Waals surface area contributed by atoms with E-state index in [1.807, 2.05) is 0 Å². The molecule has 10 heteroatoms. The molecule has 2 aromatic rings. The Bertz CT molecular complexity index is 1140. The van der Waals surface area contributed by atoms with Crippen molar-refractivity contribution in [1.82, 2.24) is 5.32 Å². The number of urea groups is 1. The van der Waals surface area contributed by atoms with Crippen molar-refractivity contribution in [2.24, 2.45) is 0 Å². The van der Waals surface area contributed by atoms with Crippen LogP contribution in [0.4, 0.5) is 10.5 Å². The van der Waals surface area contributed by atoms with E-state index in [9.17, 15) is 19.2 Å². The van der Waals surface area contributed by atoms with E-state index >= 15 is 0 Å². The van der Waals surface area contributed by atoms with Gasteiger partial charge < -0.3 is 18.9 Å². The highest BCUT2D eigenvalue weighted by Crippen LogP contribution is 2.35. The average molecular weight is 468 g/mol. The summed E-state index contributed by atoms with van der Waals surface area (Å²) < 4.78 is 21.1. The Morgan fingerprint density at radius 2 is 1.71 bits per heavy atom. The molecule has 0 aliphatic carbocycles. The standard InChI is InChI=1S/C24H24N2O8/c1-4-32-16-10-11-20(33-5-2)18(13-16)26-23(29)17(22(28)25-24(26)30)12-15-8-6-7-9-19(15)34-14-21(27)31-3/h6-13H,4-5,14H2,1-3H3,(H,25,28,30)/b17-12+. The van der Waals surface area contributed by atoms with Gasteiger partial charge in [0.1, 0.15) is 22.8 Å². The maximum absolute atomic E-state index is 13.4. The van der Waals surface area contributed by atoms with Crippen LogP contribution >= 0.6 is 0 Å². The van der Waals surface area contributed by atoms with Crippen molar-refractivity contribution in [3.63, 3.8) is 0 Å². The van der Waals surface area contributed by atoms with E-state index in [0.717, 1.165) is 4.90 Å². The first-order valence-electron chi connectivity index (χ1n) is 10.5. The Balaban J connectivity index is 2.02. The number of para-hydroxylation sites is 1. The number of benzene rings is 2. The first-order valence-corrected chi connectivity index (χ1v) is 10.5. The number of nitrogens with one attached hydrogen (secondary N) is 1. The minimum absolute atomic E-state index is 0.129. The molecule has 0 aromatic heterocycles. The van der Waals surface area contributed by atoms with Crippen molar-refractivity contribution in [3.05, 3.63) is 53.6 Å². The molecular formula is C24H24N2O8. The molecule has 1 aliphatic heterocycles. The highest BCUT2D eigenvalue weighted by Gasteiger charge is 2.38. The molecule has 0 saturated carbocycles. The predicted molar refractivity (Wildman–Crippen MR) is 122 cm³/mol. The Morgan fingerprint density at radius 1 is 0.971 bits per heavy atom. The number of rotatable bonds is 9. The van der Waals surface area contributed by atoms with Crippen molar-refractivity contribution in [2.75, 3.05) is 31.8 Å². The van der Waals surface area contributed by atoms with Gasteiger partial charge >= 0.3 is 12.0 Å². The third-order valence-corrected chi connectivity index (χ3v) is 4.68. The van der Waals surface area contributed by atoms with Crippen LogP contribution in [0.5, 0.6) is 17.2 Å². The first kappa shape index (κ1) is 24.3. The maximum Gasteiger partial charge on any atom is 0.343 e. The van der Waals surface area contributed by atoms with Gasteiger partial charge in [-0.05, 0) is 38.1 Å². The van der Waals surface area contributed by atoms with Crippen molar-refractivity contribution in [1.29, 1.82) is 0 Å². The molecule has 4 amide bonds. The molecule has 1 N–H and O–H groups in total. The molecule has 1 fully saturated rings. The van der Waals surface area contributed by atoms with Crippen LogP contribution in [0.3, 0.4) is 0 Å². The molecule has 1 saturated heterocycles. The van der Waals surface area contributed by atoms with Gasteiger partial charge in [-0.2, -0.15) is 0 Å². The number of amides is 4. The third kappa shape index (κ3) is 5.34. The van der Waals surface area contributed by atoms with Crippen molar-refractivity contribution < 1.29 is 38.1 Å². The molecule has 0 bridgehead atoms. The second-order valence-electron chi connectivity index (χ2n) is 6.86. The van der Waals surface area contributed by atoms with E-state index in [4.69, 9.17) is 14.2 Å². The van der Waals surface area contributed by atoms with E-state index in [0.29, 0.717) is 17.9 Å². The lowest BCUT2D eigenvalue weighted by molar-refractivity contribution is -0.143. The fourth-order valence-corrected chi connectivity index (χ4v) is 3.16. The topological polar surface area (TPSA) is 120 Å². The van der Waals surface area contributed by atoms with Crippen LogP contribution in [0.2, 0.25) is 0 Å². The molecule has 3 rings (SSSR count). The number of nitrogens with zero attached hydrogens (tertiary/aromatic N) is 1. The molecule has 2 aromatic carbocycles. The highest BCUT2D eigenvalue weighted by molar-refractivity contribution is 6.39. The second-order valence-corrected chi connectivity index (χ2v) is 6.86. The lowest BCUT2D eigenvalue weighted by Crippen LogP contribution is -2.54. The fourth-order valence-electron chi connectivity index (χ4n) is 3.16. The zero-order chi connectivity index (χ0) is 24.7. The quantitative estimate of drug-likeness (QED) is 0.339. The van der Waals surface area contributed by atoms with Gasteiger partial charge in [0.25, 0.3) is 11.8 Å². The number of hydrogen-bond acceptors (Lipinski definition) is 8. The Morgan fingerprint density at radius 3 is 2.41 bits per heavy atom. The van der Waals surface area contributed by atoms with Crippen molar-refractivity contribution >= 4 is 35.6 Å². The van der Waals surface area contributed by atoms with E-state index in [1.165, 1.54) is 19.3 Å². The molecular weight excluding hydrogens is 444 g/mol. The predicted octanol–water partition coefficient (Wildman–Crippen LogP) is 2.70. The lowest BCUT2D eigenvalue weighted by atomic mass is 10.1. The van der Waals surface area contributed by atoms with Gasteiger partial charge in [0, 0.05) is 11.6 Å². The number of carbonyl (C=O) groups excluding carboxylic acids is 4. The maximum atomic E-state index is 13.4. The minimum Gasteiger partial charge on any atom is -0.494 e. The number of ether oxygens (including phenoxy) is 4. The summed E-state index contributed by atoms with van der Waals surface area (Å²) in [7, 11) is 1.23. The van der Waals surface area contributed by atoms with Gasteiger partial charge in [-0.25, -0.2) is 14.5 Å². The highest BCUT2D eigenvalue weighted by atomic mass is 16.6. The summed E-state index contributed by atoms with van der Waals surface area (Å²) in [5, 5.41) is 2.18. The van der Waals surface area contributed by atoms with E-state index in [-0.39, 0.29) is 36.0 Å². The number of carbonyl (C=O) groups is 4.